The Kier molecular flexibility index (Phi) is 4.16. The highest BCUT2D eigenvalue weighted by atomic mass is 16.2. The van der Waals surface area contributed by atoms with Crippen LogP contribution in [0.4, 0.5) is 0 Å². The molecule has 0 aromatic heterocycles. The molecule has 1 fully saturated rings. The fraction of sp³-hybridized carbons (Fsp3) is 0.429. The third-order valence-corrected chi connectivity index (χ3v) is 3.32. The molecule has 2 amide bonds. The third kappa shape index (κ3) is 3.32. The van der Waals surface area contributed by atoms with Gasteiger partial charge in [-0.25, -0.2) is 0 Å². The number of hydrogen-bond acceptors (Lipinski definition) is 3. The molecular weight excluding hydrogens is 242 g/mol. The first-order chi connectivity index (χ1) is 9.08. The quantitative estimate of drug-likeness (QED) is 0.831. The molecule has 1 aromatic rings. The van der Waals surface area contributed by atoms with Crippen molar-refractivity contribution in [2.75, 3.05) is 13.1 Å². The summed E-state index contributed by atoms with van der Waals surface area (Å²) in [7, 11) is 0. The second-order valence-corrected chi connectivity index (χ2v) is 4.85. The van der Waals surface area contributed by atoms with E-state index in [9.17, 15) is 9.59 Å². The monoisotopic (exact) mass is 261 g/mol. The predicted molar refractivity (Wildman–Crippen MR) is 72.5 cm³/mol. The average Bonchev–Trinajstić information content (AvgIpc) is 2.55. The molecule has 5 nitrogen and oxygen atoms in total. The summed E-state index contributed by atoms with van der Waals surface area (Å²) in [4.78, 5) is 25.1. The second kappa shape index (κ2) is 5.84. The Morgan fingerprint density at radius 2 is 2.32 bits per heavy atom. The SMILES string of the molecule is CC1NCCCN(Cc2cccc(C(N)=O)c2)C1=O. The van der Waals surface area contributed by atoms with Gasteiger partial charge in [0.15, 0.2) is 0 Å². The molecule has 19 heavy (non-hydrogen) atoms. The van der Waals surface area contributed by atoms with Gasteiger partial charge in [-0.3, -0.25) is 9.59 Å². The van der Waals surface area contributed by atoms with Gasteiger partial charge in [0.05, 0.1) is 6.04 Å². The van der Waals surface area contributed by atoms with Crippen LogP contribution in [0, 0.1) is 0 Å². The average molecular weight is 261 g/mol. The Morgan fingerprint density at radius 1 is 1.53 bits per heavy atom. The molecule has 1 aliphatic heterocycles. The van der Waals surface area contributed by atoms with Gasteiger partial charge in [-0.15, -0.1) is 0 Å². The van der Waals surface area contributed by atoms with Crippen LogP contribution in [0.5, 0.6) is 0 Å². The van der Waals surface area contributed by atoms with E-state index in [2.05, 4.69) is 5.32 Å². The second-order valence-electron chi connectivity index (χ2n) is 4.85. The van der Waals surface area contributed by atoms with Crippen molar-refractivity contribution in [1.29, 1.82) is 0 Å². The zero-order valence-electron chi connectivity index (χ0n) is 11.1. The van der Waals surface area contributed by atoms with Crippen molar-refractivity contribution in [3.05, 3.63) is 35.4 Å². The highest BCUT2D eigenvalue weighted by Gasteiger charge is 2.22. The Bertz CT molecular complexity index is 487. The predicted octanol–water partition coefficient (Wildman–Crippen LogP) is 0.496. The third-order valence-electron chi connectivity index (χ3n) is 3.32. The largest absolute Gasteiger partial charge is 0.366 e. The number of nitrogens with two attached hydrogens (primary N) is 1. The molecule has 1 aromatic carbocycles. The molecular formula is C14H19N3O2. The van der Waals surface area contributed by atoms with Gasteiger partial charge in [-0.1, -0.05) is 12.1 Å². The Morgan fingerprint density at radius 3 is 3.05 bits per heavy atom. The van der Waals surface area contributed by atoms with Crippen molar-refractivity contribution in [2.24, 2.45) is 5.73 Å². The smallest absolute Gasteiger partial charge is 0.248 e. The maximum atomic E-state index is 12.1. The van der Waals surface area contributed by atoms with Crippen molar-refractivity contribution < 1.29 is 9.59 Å². The zero-order valence-corrected chi connectivity index (χ0v) is 11.1. The lowest BCUT2D eigenvalue weighted by atomic mass is 10.1. The lowest BCUT2D eigenvalue weighted by Crippen LogP contribution is -2.41. The molecule has 102 valence electrons. The van der Waals surface area contributed by atoms with E-state index < -0.39 is 5.91 Å². The summed E-state index contributed by atoms with van der Waals surface area (Å²) in [6, 6.07) is 6.97. The number of carbonyl (C=O) groups excluding carboxylic acids is 2. The van der Waals surface area contributed by atoms with Crippen LogP contribution in [0.3, 0.4) is 0 Å². The molecule has 2 rings (SSSR count). The molecule has 0 spiro atoms. The van der Waals surface area contributed by atoms with E-state index in [1.54, 1.807) is 18.2 Å². The van der Waals surface area contributed by atoms with Gasteiger partial charge in [0.2, 0.25) is 11.8 Å². The minimum Gasteiger partial charge on any atom is -0.366 e. The number of carbonyl (C=O) groups is 2. The summed E-state index contributed by atoms with van der Waals surface area (Å²) in [6.07, 6.45) is 0.936. The number of nitrogens with one attached hydrogen (secondary N) is 1. The minimum atomic E-state index is -0.445. The summed E-state index contributed by atoms with van der Waals surface area (Å²) < 4.78 is 0. The van der Waals surface area contributed by atoms with Crippen LogP contribution in [0.15, 0.2) is 24.3 Å². The van der Waals surface area contributed by atoms with Crippen molar-refractivity contribution in [1.82, 2.24) is 10.2 Å². The summed E-state index contributed by atoms with van der Waals surface area (Å²) in [5, 5.41) is 3.17. The van der Waals surface area contributed by atoms with E-state index in [1.165, 1.54) is 0 Å². The first-order valence-corrected chi connectivity index (χ1v) is 6.49. The van der Waals surface area contributed by atoms with Gasteiger partial charge in [-0.2, -0.15) is 0 Å². The minimum absolute atomic E-state index is 0.0991. The van der Waals surface area contributed by atoms with E-state index in [-0.39, 0.29) is 11.9 Å². The van der Waals surface area contributed by atoms with Gasteiger partial charge in [0.25, 0.3) is 0 Å². The number of rotatable bonds is 3. The number of nitrogens with zero attached hydrogens (tertiary/aromatic N) is 1. The van der Waals surface area contributed by atoms with Crippen LogP contribution >= 0.6 is 0 Å². The summed E-state index contributed by atoms with van der Waals surface area (Å²) in [5.74, 6) is -0.346. The number of benzene rings is 1. The molecule has 0 radical (unpaired) electrons. The van der Waals surface area contributed by atoms with Gasteiger partial charge in [0.1, 0.15) is 0 Å². The molecule has 0 bridgehead atoms. The van der Waals surface area contributed by atoms with Gasteiger partial charge >= 0.3 is 0 Å². The number of amides is 2. The number of hydrogen-bond donors (Lipinski definition) is 2. The van der Waals surface area contributed by atoms with E-state index in [0.717, 1.165) is 25.1 Å². The standard InChI is InChI=1S/C14H19N3O2/c1-10-14(19)17(7-3-6-16-10)9-11-4-2-5-12(8-11)13(15)18/h2,4-5,8,10,16H,3,6-7,9H2,1H3,(H2,15,18). The Labute approximate surface area is 112 Å². The molecule has 0 saturated carbocycles. The maximum Gasteiger partial charge on any atom is 0.248 e. The summed E-state index contributed by atoms with van der Waals surface area (Å²) >= 11 is 0. The Hall–Kier alpha value is -1.88. The zero-order chi connectivity index (χ0) is 13.8. The van der Waals surface area contributed by atoms with Crippen molar-refractivity contribution in [3.63, 3.8) is 0 Å². The maximum absolute atomic E-state index is 12.1. The Balaban J connectivity index is 2.13. The van der Waals surface area contributed by atoms with Crippen LogP contribution in [-0.2, 0) is 11.3 Å². The van der Waals surface area contributed by atoms with E-state index >= 15 is 0 Å². The van der Waals surface area contributed by atoms with Crippen LogP contribution in [-0.4, -0.2) is 35.8 Å². The van der Waals surface area contributed by atoms with Gasteiger partial charge in [0, 0.05) is 18.7 Å². The topological polar surface area (TPSA) is 75.4 Å². The fourth-order valence-corrected chi connectivity index (χ4v) is 2.26. The first-order valence-electron chi connectivity index (χ1n) is 6.49. The van der Waals surface area contributed by atoms with Crippen molar-refractivity contribution in [2.45, 2.75) is 25.9 Å². The lowest BCUT2D eigenvalue weighted by molar-refractivity contribution is -0.132. The van der Waals surface area contributed by atoms with Crippen LogP contribution in [0.2, 0.25) is 0 Å². The van der Waals surface area contributed by atoms with Gasteiger partial charge in [-0.05, 0) is 37.6 Å². The molecule has 1 aliphatic rings. The fourth-order valence-electron chi connectivity index (χ4n) is 2.26. The van der Waals surface area contributed by atoms with Crippen molar-refractivity contribution >= 4 is 11.8 Å². The number of primary amides is 1. The molecule has 5 heteroatoms. The lowest BCUT2D eigenvalue weighted by Gasteiger charge is -2.22. The highest BCUT2D eigenvalue weighted by molar-refractivity contribution is 5.92. The molecule has 3 N–H and O–H groups in total. The van der Waals surface area contributed by atoms with E-state index in [1.807, 2.05) is 17.9 Å². The van der Waals surface area contributed by atoms with Crippen molar-refractivity contribution in [3.8, 4) is 0 Å². The molecule has 0 aliphatic carbocycles. The normalized spacial score (nSPS) is 20.2. The van der Waals surface area contributed by atoms with Crippen LogP contribution in [0.25, 0.3) is 0 Å². The highest BCUT2D eigenvalue weighted by Crippen LogP contribution is 2.11. The van der Waals surface area contributed by atoms with E-state index in [0.29, 0.717) is 12.1 Å². The van der Waals surface area contributed by atoms with Crippen LogP contribution < -0.4 is 11.1 Å². The van der Waals surface area contributed by atoms with Crippen LogP contribution in [0.1, 0.15) is 29.3 Å². The molecule has 1 saturated heterocycles. The molecule has 1 unspecified atom stereocenters. The molecule has 1 heterocycles. The molecule has 1 atom stereocenters. The van der Waals surface area contributed by atoms with E-state index in [4.69, 9.17) is 5.73 Å². The van der Waals surface area contributed by atoms with Gasteiger partial charge < -0.3 is 16.0 Å². The summed E-state index contributed by atoms with van der Waals surface area (Å²) in [5.41, 5.74) is 6.67. The first kappa shape index (κ1) is 13.5. The summed E-state index contributed by atoms with van der Waals surface area (Å²) in [6.45, 7) is 3.98.